The normalized spacial score (nSPS) is 13.6. The van der Waals surface area contributed by atoms with Gasteiger partial charge in [0.1, 0.15) is 23.0 Å². The molecule has 4 aromatic carbocycles. The van der Waals surface area contributed by atoms with E-state index in [1.54, 1.807) is 0 Å². The lowest BCUT2D eigenvalue weighted by atomic mass is 9.78. The van der Waals surface area contributed by atoms with Gasteiger partial charge < -0.3 is 39.4 Å². The lowest BCUT2D eigenvalue weighted by Gasteiger charge is -2.33. The molecular formula is C73H116O8. The average molecular weight is 1120 g/mol. The first-order valence-electron chi connectivity index (χ1n) is 30.7. The Balaban J connectivity index is 1.65. The summed E-state index contributed by atoms with van der Waals surface area (Å²) in [5.74, 6) is 1.58. The van der Waals surface area contributed by atoms with Crippen molar-refractivity contribution < 1.29 is 39.4 Å². The molecule has 0 aromatic heterocycles. The zero-order valence-corrected chi connectivity index (χ0v) is 55.9. The Kier molecular flexibility index (Phi) is 23.0. The molecule has 81 heavy (non-hydrogen) atoms. The maximum Gasteiger partial charge on any atom is 0.123 e. The molecule has 0 amide bonds. The van der Waals surface area contributed by atoms with Crippen LogP contribution < -0.4 is 0 Å². The first kappa shape index (κ1) is 69.4. The molecule has 0 bridgehead atoms. The first-order chi connectivity index (χ1) is 36.9. The maximum atomic E-state index is 11.5. The van der Waals surface area contributed by atoms with Gasteiger partial charge in [-0.05, 0) is 161 Å². The van der Waals surface area contributed by atoms with E-state index in [2.05, 4.69) is 215 Å². The fraction of sp³-hybridized carbons (Fsp3) is 0.671. The summed E-state index contributed by atoms with van der Waals surface area (Å²) in [7, 11) is 0. The molecule has 4 aromatic rings. The van der Waals surface area contributed by atoms with Crippen LogP contribution in [-0.4, -0.2) is 73.3 Å². The van der Waals surface area contributed by atoms with Crippen molar-refractivity contribution in [3.05, 3.63) is 115 Å². The minimum atomic E-state index is -0.622. The van der Waals surface area contributed by atoms with Crippen LogP contribution in [0, 0.1) is 5.41 Å². The van der Waals surface area contributed by atoms with Gasteiger partial charge in [0, 0.05) is 26.4 Å². The third-order valence-corrected chi connectivity index (χ3v) is 15.8. The number of ether oxygens (including phenoxy) is 4. The third kappa shape index (κ3) is 20.0. The molecular weight excluding hydrogens is 1000 g/mol. The van der Waals surface area contributed by atoms with E-state index >= 15 is 0 Å². The van der Waals surface area contributed by atoms with Crippen LogP contribution in [-0.2, 0) is 88.0 Å². The molecule has 0 heterocycles. The summed E-state index contributed by atoms with van der Waals surface area (Å²) in [5.41, 5.74) is 10.2. The van der Waals surface area contributed by atoms with E-state index in [0.29, 0.717) is 75.9 Å². The quantitative estimate of drug-likeness (QED) is 0.0513. The van der Waals surface area contributed by atoms with Crippen molar-refractivity contribution in [1.29, 1.82) is 0 Å². The predicted octanol–water partition coefficient (Wildman–Crippen LogP) is 17.8. The summed E-state index contributed by atoms with van der Waals surface area (Å²) in [5, 5.41) is 45.8. The number of aromatic hydroxyl groups is 4. The Labute approximate surface area is 494 Å². The Morgan fingerprint density at radius 2 is 0.383 bits per heavy atom. The van der Waals surface area contributed by atoms with Crippen molar-refractivity contribution in [2.24, 2.45) is 5.41 Å². The Morgan fingerprint density at radius 3 is 0.506 bits per heavy atom. The number of benzene rings is 4. The van der Waals surface area contributed by atoms with Gasteiger partial charge >= 0.3 is 0 Å². The molecule has 4 N–H and O–H groups in total. The molecule has 0 fully saturated rings. The monoisotopic (exact) mass is 1120 g/mol. The summed E-state index contributed by atoms with van der Waals surface area (Å²) < 4.78 is 27.0. The molecule has 456 valence electrons. The summed E-state index contributed by atoms with van der Waals surface area (Å²) in [6.07, 6.45) is 6.44. The van der Waals surface area contributed by atoms with Crippen molar-refractivity contribution in [3.63, 3.8) is 0 Å². The number of hydrogen-bond acceptors (Lipinski definition) is 8. The Morgan fingerprint density at radius 1 is 0.247 bits per heavy atom. The standard InChI is InChI=1S/C73H116O8/c1-65(2,3)53-37-49(38-54(61(53)74)66(4,5)6)29-25-33-78-45-73(46-79-34-26-30-50-39-55(67(7,8)9)62(75)56(40-50)68(10,11)12,47-80-35-27-31-51-41-57(69(13,14)15)63(76)58(42-51)70(16,17)18)48-81-36-28-32-52-43-59(71(19,20)21)64(77)60(44-52)72(22,23)24/h37-44,74-77H,25-36,45-48H2,1-24H3. The molecule has 0 aliphatic rings. The molecule has 0 atom stereocenters. The smallest absolute Gasteiger partial charge is 0.123 e. The van der Waals surface area contributed by atoms with Gasteiger partial charge in [-0.1, -0.05) is 215 Å². The van der Waals surface area contributed by atoms with Crippen LogP contribution in [0.4, 0.5) is 0 Å². The summed E-state index contributed by atoms with van der Waals surface area (Å²) in [6, 6.07) is 17.4. The minimum Gasteiger partial charge on any atom is -0.507 e. The van der Waals surface area contributed by atoms with Gasteiger partial charge in [0.15, 0.2) is 0 Å². The van der Waals surface area contributed by atoms with Crippen molar-refractivity contribution in [2.45, 2.75) is 261 Å². The van der Waals surface area contributed by atoms with Gasteiger partial charge in [0.05, 0.1) is 31.8 Å². The highest BCUT2D eigenvalue weighted by Gasteiger charge is 2.34. The van der Waals surface area contributed by atoms with Crippen LogP contribution in [0.15, 0.2) is 48.5 Å². The molecule has 0 unspecified atom stereocenters. The maximum absolute atomic E-state index is 11.5. The van der Waals surface area contributed by atoms with E-state index in [4.69, 9.17) is 18.9 Å². The molecule has 0 spiro atoms. The van der Waals surface area contributed by atoms with Crippen LogP contribution in [0.5, 0.6) is 23.0 Å². The van der Waals surface area contributed by atoms with Crippen LogP contribution in [0.2, 0.25) is 0 Å². The van der Waals surface area contributed by atoms with Gasteiger partial charge in [-0.3, -0.25) is 0 Å². The zero-order chi connectivity index (χ0) is 61.5. The number of aryl methyl sites for hydroxylation is 4. The third-order valence-electron chi connectivity index (χ3n) is 15.8. The Hall–Kier alpha value is -4.08. The largest absolute Gasteiger partial charge is 0.507 e. The summed E-state index contributed by atoms with van der Waals surface area (Å²) in [6.45, 7) is 55.4. The highest BCUT2D eigenvalue weighted by Crippen LogP contribution is 2.44. The summed E-state index contributed by atoms with van der Waals surface area (Å²) in [4.78, 5) is 0. The van der Waals surface area contributed by atoms with Crippen molar-refractivity contribution >= 4 is 0 Å². The summed E-state index contributed by atoms with van der Waals surface area (Å²) >= 11 is 0. The van der Waals surface area contributed by atoms with Gasteiger partial charge in [-0.15, -0.1) is 0 Å². The van der Waals surface area contributed by atoms with Crippen molar-refractivity contribution in [2.75, 3.05) is 52.9 Å². The average Bonchev–Trinajstić information content (AvgIpc) is 3.29. The molecule has 0 aliphatic carbocycles. The second kappa shape index (κ2) is 26.9. The van der Waals surface area contributed by atoms with Crippen LogP contribution in [0.3, 0.4) is 0 Å². The number of hydrogen-bond donors (Lipinski definition) is 4. The second-order valence-corrected chi connectivity index (χ2v) is 32.3. The van der Waals surface area contributed by atoms with Gasteiger partial charge in [-0.2, -0.15) is 0 Å². The van der Waals surface area contributed by atoms with E-state index in [1.165, 1.54) is 22.3 Å². The van der Waals surface area contributed by atoms with Crippen molar-refractivity contribution in [3.8, 4) is 23.0 Å². The van der Waals surface area contributed by atoms with E-state index < -0.39 is 5.41 Å². The predicted molar refractivity (Wildman–Crippen MR) is 341 cm³/mol. The molecule has 8 nitrogen and oxygen atoms in total. The number of rotatable bonds is 24. The fourth-order valence-electron chi connectivity index (χ4n) is 10.8. The van der Waals surface area contributed by atoms with E-state index in [-0.39, 0.29) is 43.3 Å². The highest BCUT2D eigenvalue weighted by atomic mass is 16.5. The fourth-order valence-corrected chi connectivity index (χ4v) is 10.8. The number of phenols is 4. The molecule has 0 saturated carbocycles. The van der Waals surface area contributed by atoms with Gasteiger partial charge in [0.25, 0.3) is 0 Å². The van der Waals surface area contributed by atoms with Gasteiger partial charge in [0.2, 0.25) is 0 Å². The van der Waals surface area contributed by atoms with Gasteiger partial charge in [-0.25, -0.2) is 0 Å². The molecule has 0 saturated heterocycles. The topological polar surface area (TPSA) is 118 Å². The van der Waals surface area contributed by atoms with Crippen LogP contribution in [0.25, 0.3) is 0 Å². The van der Waals surface area contributed by atoms with E-state index in [9.17, 15) is 20.4 Å². The van der Waals surface area contributed by atoms with Crippen LogP contribution in [0.1, 0.15) is 259 Å². The van der Waals surface area contributed by atoms with E-state index in [1.807, 2.05) is 0 Å². The molecule has 0 radical (unpaired) electrons. The minimum absolute atomic E-state index is 0.214. The lowest BCUT2D eigenvalue weighted by molar-refractivity contribution is -0.107. The Bertz CT molecular complexity index is 2160. The molecule has 0 aliphatic heterocycles. The van der Waals surface area contributed by atoms with Crippen LogP contribution >= 0.6 is 0 Å². The lowest BCUT2D eigenvalue weighted by Crippen LogP contribution is -2.42. The highest BCUT2D eigenvalue weighted by molar-refractivity contribution is 5.53. The first-order valence-corrected chi connectivity index (χ1v) is 30.7. The second-order valence-electron chi connectivity index (χ2n) is 32.3. The van der Waals surface area contributed by atoms with E-state index in [0.717, 1.165) is 95.9 Å². The SMILES string of the molecule is CC(C)(C)c1cc(CCCOCC(COCCCc2cc(C(C)(C)C)c(O)c(C(C)(C)C)c2)(COCCCc2cc(C(C)(C)C)c(O)c(C(C)(C)C)c2)COCCCc2cc(C(C)(C)C)c(O)c(C(C)(C)C)c2)cc(C(C)(C)C)c1O. The molecule has 4 rings (SSSR count). The molecule has 8 heteroatoms. The number of phenolic OH excluding ortho intramolecular Hbond substituents is 4. The van der Waals surface area contributed by atoms with Crippen molar-refractivity contribution in [1.82, 2.24) is 0 Å². The zero-order valence-electron chi connectivity index (χ0n) is 55.9.